The van der Waals surface area contributed by atoms with E-state index in [2.05, 4.69) is 0 Å². The number of benzene rings is 1. The molecule has 0 saturated heterocycles. The third kappa shape index (κ3) is 3.35. The van der Waals surface area contributed by atoms with Crippen molar-refractivity contribution in [2.24, 2.45) is 0 Å². The van der Waals surface area contributed by atoms with Crippen LogP contribution in [0.15, 0.2) is 34.1 Å². The largest absolute Gasteiger partial charge is 0.262 e. The van der Waals surface area contributed by atoms with Crippen molar-refractivity contribution < 1.29 is 16.8 Å². The smallest absolute Gasteiger partial charge is 0.224 e. The summed E-state index contributed by atoms with van der Waals surface area (Å²) < 4.78 is 45.3. The number of halogens is 2. The first-order valence-electron chi connectivity index (χ1n) is 4.05. The fourth-order valence-corrected chi connectivity index (χ4v) is 3.84. The lowest BCUT2D eigenvalue weighted by atomic mass is 10.4. The molecule has 0 fully saturated rings. The van der Waals surface area contributed by atoms with Crippen LogP contribution < -0.4 is 0 Å². The van der Waals surface area contributed by atoms with Crippen molar-refractivity contribution >= 4 is 42.0 Å². The van der Waals surface area contributed by atoms with Gasteiger partial charge in [-0.2, -0.15) is 0 Å². The summed E-state index contributed by atoms with van der Waals surface area (Å²) in [6.07, 6.45) is 0. The average Bonchev–Trinajstić information content (AvgIpc) is 2.16. The quantitative estimate of drug-likeness (QED) is 0.799. The molecular formula is C8H10Cl2O4S2. The first kappa shape index (κ1) is 15.7. The van der Waals surface area contributed by atoms with E-state index in [0.717, 1.165) is 0 Å². The molecule has 92 valence electrons. The van der Waals surface area contributed by atoms with Gasteiger partial charge in [-0.3, -0.25) is 0 Å². The summed E-state index contributed by atoms with van der Waals surface area (Å²) in [5.74, 6) is -0.170. The van der Waals surface area contributed by atoms with Gasteiger partial charge in [0.1, 0.15) is 4.90 Å². The number of hydrogen-bond donors (Lipinski definition) is 0. The van der Waals surface area contributed by atoms with E-state index < -0.39 is 18.9 Å². The van der Waals surface area contributed by atoms with Gasteiger partial charge in [0, 0.05) is 10.7 Å². The molecule has 1 aromatic carbocycles. The number of rotatable bonds is 3. The molecule has 1 rings (SSSR count). The highest BCUT2D eigenvalue weighted by Gasteiger charge is 2.23. The normalized spacial score (nSPS) is 11.9. The third-order valence-corrected chi connectivity index (χ3v) is 5.12. The minimum absolute atomic E-state index is 0. The van der Waals surface area contributed by atoms with Gasteiger partial charge in [-0.25, -0.2) is 16.8 Å². The predicted octanol–water partition coefficient (Wildman–Crippen LogP) is 1.83. The molecule has 0 atom stereocenters. The Morgan fingerprint density at radius 1 is 1.06 bits per heavy atom. The first-order valence-corrected chi connectivity index (χ1v) is 8.01. The summed E-state index contributed by atoms with van der Waals surface area (Å²) in [5.41, 5.74) is 0. The van der Waals surface area contributed by atoms with Crippen molar-refractivity contribution in [2.75, 3.05) is 5.75 Å². The molecule has 16 heavy (non-hydrogen) atoms. The van der Waals surface area contributed by atoms with Crippen LogP contribution in [0.4, 0.5) is 0 Å². The number of hydrogen-bond acceptors (Lipinski definition) is 4. The SMILES string of the molecule is CCS(=O)(=O)c1ccccc1S(=O)(=O)Cl.Cl. The molecule has 0 N–H and O–H groups in total. The molecule has 8 heteroatoms. The Balaban J connectivity index is 0.00000225. The maximum Gasteiger partial charge on any atom is 0.262 e. The van der Waals surface area contributed by atoms with Gasteiger partial charge in [0.2, 0.25) is 0 Å². The highest BCUT2D eigenvalue weighted by atomic mass is 35.7. The van der Waals surface area contributed by atoms with Crippen molar-refractivity contribution in [1.29, 1.82) is 0 Å². The van der Waals surface area contributed by atoms with Gasteiger partial charge >= 0.3 is 0 Å². The monoisotopic (exact) mass is 304 g/mol. The van der Waals surface area contributed by atoms with Crippen LogP contribution in [0.1, 0.15) is 6.92 Å². The molecule has 1 aromatic rings. The van der Waals surface area contributed by atoms with E-state index in [0.29, 0.717) is 0 Å². The number of sulfone groups is 1. The Labute approximate surface area is 105 Å². The van der Waals surface area contributed by atoms with Crippen molar-refractivity contribution in [3.05, 3.63) is 24.3 Å². The Kier molecular flexibility index (Phi) is 5.25. The van der Waals surface area contributed by atoms with Crippen molar-refractivity contribution in [3.8, 4) is 0 Å². The van der Waals surface area contributed by atoms with E-state index in [4.69, 9.17) is 10.7 Å². The molecule has 0 saturated carbocycles. The molecule has 0 aliphatic rings. The zero-order valence-corrected chi connectivity index (χ0v) is 11.5. The van der Waals surface area contributed by atoms with Gasteiger partial charge in [0.25, 0.3) is 9.05 Å². The second-order valence-electron chi connectivity index (χ2n) is 2.79. The molecular weight excluding hydrogens is 295 g/mol. The summed E-state index contributed by atoms with van der Waals surface area (Å²) >= 11 is 0. The molecule has 0 aliphatic carbocycles. The Morgan fingerprint density at radius 3 is 1.88 bits per heavy atom. The predicted molar refractivity (Wildman–Crippen MR) is 64.5 cm³/mol. The molecule has 0 aliphatic heterocycles. The van der Waals surface area contributed by atoms with E-state index in [1.165, 1.54) is 31.2 Å². The molecule has 0 spiro atoms. The van der Waals surface area contributed by atoms with E-state index in [9.17, 15) is 16.8 Å². The Morgan fingerprint density at radius 2 is 1.50 bits per heavy atom. The van der Waals surface area contributed by atoms with Gasteiger partial charge < -0.3 is 0 Å². The molecule has 0 aromatic heterocycles. The highest BCUT2D eigenvalue weighted by molar-refractivity contribution is 8.14. The van der Waals surface area contributed by atoms with Crippen LogP contribution in [0.25, 0.3) is 0 Å². The Bertz CT molecular complexity index is 563. The van der Waals surface area contributed by atoms with Gasteiger partial charge in [0.05, 0.1) is 10.6 Å². The van der Waals surface area contributed by atoms with Crippen LogP contribution in [0, 0.1) is 0 Å². The topological polar surface area (TPSA) is 68.3 Å². The minimum Gasteiger partial charge on any atom is -0.224 e. The van der Waals surface area contributed by atoms with E-state index in [1.807, 2.05) is 0 Å². The van der Waals surface area contributed by atoms with E-state index >= 15 is 0 Å². The van der Waals surface area contributed by atoms with Gasteiger partial charge in [-0.1, -0.05) is 19.1 Å². The van der Waals surface area contributed by atoms with Crippen LogP contribution in [-0.4, -0.2) is 22.6 Å². The lowest BCUT2D eigenvalue weighted by Crippen LogP contribution is -2.08. The average molecular weight is 305 g/mol. The fraction of sp³-hybridized carbons (Fsp3) is 0.250. The van der Waals surface area contributed by atoms with Gasteiger partial charge in [0.15, 0.2) is 9.84 Å². The molecule has 0 heterocycles. The molecule has 4 nitrogen and oxygen atoms in total. The third-order valence-electron chi connectivity index (χ3n) is 1.83. The van der Waals surface area contributed by atoms with Gasteiger partial charge in [-0.15, -0.1) is 12.4 Å². The standard InChI is InChI=1S/C8H9ClO4S2.ClH/c1-2-14(10,11)7-5-3-4-6-8(7)15(9,12)13;/h3-6H,2H2,1H3;1H. The van der Waals surface area contributed by atoms with E-state index in [1.54, 1.807) is 0 Å². The lowest BCUT2D eigenvalue weighted by molar-refractivity contribution is 0.589. The summed E-state index contributed by atoms with van der Waals surface area (Å²) in [5, 5.41) is 0. The van der Waals surface area contributed by atoms with Crippen molar-refractivity contribution in [2.45, 2.75) is 16.7 Å². The summed E-state index contributed by atoms with van der Waals surface area (Å²) in [7, 11) is -2.47. The highest BCUT2D eigenvalue weighted by Crippen LogP contribution is 2.24. The molecule has 0 radical (unpaired) electrons. The fourth-order valence-electron chi connectivity index (χ4n) is 1.06. The van der Waals surface area contributed by atoms with Crippen molar-refractivity contribution in [1.82, 2.24) is 0 Å². The lowest BCUT2D eigenvalue weighted by Gasteiger charge is -2.05. The maximum absolute atomic E-state index is 11.5. The van der Waals surface area contributed by atoms with Crippen LogP contribution in [0.2, 0.25) is 0 Å². The minimum atomic E-state index is -4.03. The van der Waals surface area contributed by atoms with Crippen LogP contribution in [0.5, 0.6) is 0 Å². The Hall–Kier alpha value is -0.300. The van der Waals surface area contributed by atoms with Crippen LogP contribution >= 0.6 is 23.1 Å². The van der Waals surface area contributed by atoms with Crippen LogP contribution in [-0.2, 0) is 18.9 Å². The first-order chi connectivity index (χ1) is 6.79. The zero-order chi connectivity index (χ0) is 11.7. The maximum atomic E-state index is 11.5. The van der Waals surface area contributed by atoms with Gasteiger partial charge in [-0.05, 0) is 12.1 Å². The second-order valence-corrected chi connectivity index (χ2v) is 7.57. The van der Waals surface area contributed by atoms with Crippen molar-refractivity contribution in [3.63, 3.8) is 0 Å². The zero-order valence-electron chi connectivity index (χ0n) is 8.25. The summed E-state index contributed by atoms with van der Waals surface area (Å²) in [4.78, 5) is -0.615. The second kappa shape index (κ2) is 5.35. The van der Waals surface area contributed by atoms with E-state index in [-0.39, 0.29) is 28.0 Å². The van der Waals surface area contributed by atoms with Crippen LogP contribution in [0.3, 0.4) is 0 Å². The summed E-state index contributed by atoms with van der Waals surface area (Å²) in [6.45, 7) is 1.44. The molecule has 0 amide bonds. The summed E-state index contributed by atoms with van der Waals surface area (Å²) in [6, 6.07) is 5.27. The molecule has 0 bridgehead atoms. The molecule has 0 unspecified atom stereocenters.